The van der Waals surface area contributed by atoms with Gasteiger partial charge in [-0.25, -0.2) is 4.98 Å². The largest absolute Gasteiger partial charge is 0.392 e. The first-order valence-corrected chi connectivity index (χ1v) is 5.39. The molecule has 0 spiro atoms. The summed E-state index contributed by atoms with van der Waals surface area (Å²) >= 11 is 0. The van der Waals surface area contributed by atoms with Crippen LogP contribution < -0.4 is 0 Å². The Morgan fingerprint density at radius 1 is 1.47 bits per heavy atom. The molecule has 15 heavy (non-hydrogen) atoms. The van der Waals surface area contributed by atoms with Crippen molar-refractivity contribution in [2.75, 3.05) is 6.54 Å². The van der Waals surface area contributed by atoms with Gasteiger partial charge in [0.2, 0.25) is 0 Å². The van der Waals surface area contributed by atoms with Crippen LogP contribution in [0, 0.1) is 0 Å². The third kappa shape index (κ3) is 3.64. The van der Waals surface area contributed by atoms with E-state index in [0.717, 1.165) is 12.4 Å². The molecule has 0 amide bonds. The maximum Gasteiger partial charge on any atom is 0.122 e. The Morgan fingerprint density at radius 2 is 2.13 bits per heavy atom. The summed E-state index contributed by atoms with van der Waals surface area (Å²) in [5.74, 6) is 1.03. The van der Waals surface area contributed by atoms with Gasteiger partial charge in [-0.2, -0.15) is 0 Å². The molecular formula is C11H21N3O. The van der Waals surface area contributed by atoms with Crippen molar-refractivity contribution in [2.24, 2.45) is 7.05 Å². The molecule has 1 heterocycles. The summed E-state index contributed by atoms with van der Waals surface area (Å²) in [5, 5.41) is 9.40. The minimum absolute atomic E-state index is 0.298. The summed E-state index contributed by atoms with van der Waals surface area (Å²) in [6.07, 6.45) is 3.44. The number of imidazole rings is 1. The van der Waals surface area contributed by atoms with E-state index in [1.54, 1.807) is 6.20 Å². The fourth-order valence-corrected chi connectivity index (χ4v) is 1.53. The van der Waals surface area contributed by atoms with Gasteiger partial charge in [-0.15, -0.1) is 0 Å². The number of hydrogen-bond donors (Lipinski definition) is 1. The van der Waals surface area contributed by atoms with Gasteiger partial charge in [0.25, 0.3) is 0 Å². The molecule has 4 heteroatoms. The normalized spacial score (nSPS) is 13.8. The molecule has 0 saturated carbocycles. The summed E-state index contributed by atoms with van der Waals surface area (Å²) < 4.78 is 2.01. The quantitative estimate of drug-likeness (QED) is 0.790. The van der Waals surface area contributed by atoms with E-state index in [1.165, 1.54) is 0 Å². The number of aliphatic hydroxyl groups is 1. The standard InChI is InChI=1S/C11H21N3O/c1-9(2)14(7-10(3)15)8-11-12-5-6-13(11)4/h5-6,9-10,15H,7-8H2,1-4H3. The molecule has 1 atom stereocenters. The third-order valence-corrected chi connectivity index (χ3v) is 2.49. The van der Waals surface area contributed by atoms with Crippen molar-refractivity contribution in [1.29, 1.82) is 0 Å². The molecule has 0 aromatic carbocycles. The molecule has 1 N–H and O–H groups in total. The van der Waals surface area contributed by atoms with Crippen molar-refractivity contribution in [3.8, 4) is 0 Å². The topological polar surface area (TPSA) is 41.3 Å². The molecule has 86 valence electrons. The summed E-state index contributed by atoms with van der Waals surface area (Å²) in [6, 6.07) is 0.413. The Bertz CT molecular complexity index is 294. The number of nitrogens with zero attached hydrogens (tertiary/aromatic N) is 3. The van der Waals surface area contributed by atoms with Gasteiger partial charge in [0.1, 0.15) is 5.82 Å². The highest BCUT2D eigenvalue weighted by Gasteiger charge is 2.14. The fourth-order valence-electron chi connectivity index (χ4n) is 1.53. The van der Waals surface area contributed by atoms with E-state index in [0.29, 0.717) is 12.6 Å². The zero-order chi connectivity index (χ0) is 11.4. The van der Waals surface area contributed by atoms with Gasteiger partial charge in [-0.3, -0.25) is 4.90 Å². The second-order valence-corrected chi connectivity index (χ2v) is 4.33. The van der Waals surface area contributed by atoms with Crippen LogP contribution in [0.3, 0.4) is 0 Å². The van der Waals surface area contributed by atoms with Crippen LogP contribution in [-0.2, 0) is 13.6 Å². The van der Waals surface area contributed by atoms with Crippen LogP contribution in [0.2, 0.25) is 0 Å². The number of hydrogen-bond acceptors (Lipinski definition) is 3. The van der Waals surface area contributed by atoms with Crippen LogP contribution in [0.15, 0.2) is 12.4 Å². The lowest BCUT2D eigenvalue weighted by atomic mass is 10.2. The van der Waals surface area contributed by atoms with Crippen LogP contribution in [0.25, 0.3) is 0 Å². The highest BCUT2D eigenvalue weighted by molar-refractivity contribution is 4.91. The third-order valence-electron chi connectivity index (χ3n) is 2.49. The van der Waals surface area contributed by atoms with Crippen molar-refractivity contribution >= 4 is 0 Å². The Morgan fingerprint density at radius 3 is 2.53 bits per heavy atom. The maximum absolute atomic E-state index is 9.40. The number of aromatic nitrogens is 2. The first kappa shape index (κ1) is 12.2. The minimum atomic E-state index is -0.298. The van der Waals surface area contributed by atoms with E-state index >= 15 is 0 Å². The van der Waals surface area contributed by atoms with Crippen LogP contribution in [0.4, 0.5) is 0 Å². The van der Waals surface area contributed by atoms with Crippen molar-refractivity contribution < 1.29 is 5.11 Å². The van der Waals surface area contributed by atoms with Crippen molar-refractivity contribution in [2.45, 2.75) is 39.5 Å². The Balaban J connectivity index is 2.63. The molecule has 0 aliphatic heterocycles. The molecule has 1 unspecified atom stereocenters. The predicted molar refractivity (Wildman–Crippen MR) is 60.4 cm³/mol. The van der Waals surface area contributed by atoms with E-state index in [4.69, 9.17) is 0 Å². The van der Waals surface area contributed by atoms with E-state index in [2.05, 4.69) is 23.7 Å². The molecule has 1 rings (SSSR count). The monoisotopic (exact) mass is 211 g/mol. The molecule has 0 saturated heterocycles. The van der Waals surface area contributed by atoms with Crippen LogP contribution in [-0.4, -0.2) is 38.2 Å². The number of rotatable bonds is 5. The maximum atomic E-state index is 9.40. The van der Waals surface area contributed by atoms with E-state index in [-0.39, 0.29) is 6.10 Å². The number of aliphatic hydroxyl groups excluding tert-OH is 1. The Kier molecular flexibility index (Phi) is 4.29. The predicted octanol–water partition coefficient (Wildman–Crippen LogP) is 1.01. The lowest BCUT2D eigenvalue weighted by Crippen LogP contribution is -2.36. The smallest absolute Gasteiger partial charge is 0.122 e. The van der Waals surface area contributed by atoms with Crippen LogP contribution >= 0.6 is 0 Å². The second kappa shape index (κ2) is 5.28. The average molecular weight is 211 g/mol. The Hall–Kier alpha value is -0.870. The van der Waals surface area contributed by atoms with Gasteiger partial charge in [0, 0.05) is 32.0 Å². The molecule has 0 fully saturated rings. The first-order valence-electron chi connectivity index (χ1n) is 5.39. The van der Waals surface area contributed by atoms with Gasteiger partial charge in [0.15, 0.2) is 0 Å². The van der Waals surface area contributed by atoms with E-state index in [1.807, 2.05) is 24.7 Å². The minimum Gasteiger partial charge on any atom is -0.392 e. The molecule has 1 aromatic rings. The summed E-state index contributed by atoms with van der Waals surface area (Å²) in [5.41, 5.74) is 0. The van der Waals surface area contributed by atoms with Crippen LogP contribution in [0.5, 0.6) is 0 Å². The SMILES string of the molecule is CC(O)CN(Cc1nccn1C)C(C)C. The lowest BCUT2D eigenvalue weighted by molar-refractivity contribution is 0.100. The zero-order valence-corrected chi connectivity index (χ0v) is 10.0. The zero-order valence-electron chi connectivity index (χ0n) is 10.0. The molecule has 4 nitrogen and oxygen atoms in total. The molecule has 1 aromatic heterocycles. The molecule has 0 aliphatic rings. The molecule has 0 aliphatic carbocycles. The molecule has 0 radical (unpaired) electrons. The van der Waals surface area contributed by atoms with Gasteiger partial charge in [-0.1, -0.05) is 0 Å². The Labute approximate surface area is 91.5 Å². The highest BCUT2D eigenvalue weighted by atomic mass is 16.3. The van der Waals surface area contributed by atoms with Gasteiger partial charge in [-0.05, 0) is 20.8 Å². The second-order valence-electron chi connectivity index (χ2n) is 4.33. The first-order chi connectivity index (χ1) is 7.00. The lowest BCUT2D eigenvalue weighted by Gasteiger charge is -2.27. The van der Waals surface area contributed by atoms with Crippen molar-refractivity contribution in [3.05, 3.63) is 18.2 Å². The van der Waals surface area contributed by atoms with Crippen LogP contribution in [0.1, 0.15) is 26.6 Å². The van der Waals surface area contributed by atoms with Gasteiger partial charge < -0.3 is 9.67 Å². The fraction of sp³-hybridized carbons (Fsp3) is 0.727. The van der Waals surface area contributed by atoms with Crippen molar-refractivity contribution in [3.63, 3.8) is 0 Å². The highest BCUT2D eigenvalue weighted by Crippen LogP contribution is 2.06. The van der Waals surface area contributed by atoms with E-state index in [9.17, 15) is 5.11 Å². The summed E-state index contributed by atoms with van der Waals surface area (Å²) in [6.45, 7) is 7.54. The molecular weight excluding hydrogens is 190 g/mol. The van der Waals surface area contributed by atoms with Gasteiger partial charge in [0.05, 0.1) is 12.6 Å². The summed E-state index contributed by atoms with van der Waals surface area (Å²) in [7, 11) is 1.99. The number of aryl methyl sites for hydroxylation is 1. The molecule has 0 bridgehead atoms. The van der Waals surface area contributed by atoms with E-state index < -0.39 is 0 Å². The average Bonchev–Trinajstić information content (AvgIpc) is 2.50. The van der Waals surface area contributed by atoms with Gasteiger partial charge >= 0.3 is 0 Å². The van der Waals surface area contributed by atoms with Crippen molar-refractivity contribution in [1.82, 2.24) is 14.5 Å². The summed E-state index contributed by atoms with van der Waals surface area (Å²) in [4.78, 5) is 6.50.